The maximum absolute atomic E-state index is 7.55. The first-order valence-electron chi connectivity index (χ1n) is 6.70. The Labute approximate surface area is 132 Å². The van der Waals surface area contributed by atoms with Gasteiger partial charge in [0.25, 0.3) is 0 Å². The van der Waals surface area contributed by atoms with Gasteiger partial charge in [-0.25, -0.2) is 0 Å². The average Bonchev–Trinajstić information content (AvgIpc) is 2.98. The van der Waals surface area contributed by atoms with Gasteiger partial charge in [0, 0.05) is 21.2 Å². The Balaban J connectivity index is 2.00. The van der Waals surface area contributed by atoms with Crippen molar-refractivity contribution in [1.82, 2.24) is 0 Å². The van der Waals surface area contributed by atoms with Crippen LogP contribution in [0.2, 0.25) is 0 Å². The standard InChI is InChI=1S/C18H14N2OS/c1-21-14-9-6-12(7-10-14)5-8-13-3-2-4-16-15(13)11-17(22-16)18(19)20/h2-4,6-7,9-11H,1H3,(H3,19,20). The number of rotatable bonds is 2. The summed E-state index contributed by atoms with van der Waals surface area (Å²) in [7, 11) is 1.64. The van der Waals surface area contributed by atoms with Gasteiger partial charge in [0.1, 0.15) is 11.6 Å². The molecule has 0 spiro atoms. The molecule has 1 aromatic heterocycles. The van der Waals surface area contributed by atoms with Gasteiger partial charge in [-0.05, 0) is 42.5 Å². The summed E-state index contributed by atoms with van der Waals surface area (Å²) in [6, 6.07) is 15.6. The summed E-state index contributed by atoms with van der Waals surface area (Å²) >= 11 is 1.51. The number of fused-ring (bicyclic) bond motifs is 1. The van der Waals surface area contributed by atoms with Crippen LogP contribution in [0, 0.1) is 17.3 Å². The second-order valence-electron chi connectivity index (χ2n) is 4.72. The Morgan fingerprint density at radius 2 is 1.91 bits per heavy atom. The number of hydrogen-bond acceptors (Lipinski definition) is 3. The molecule has 0 aliphatic carbocycles. The molecule has 0 saturated heterocycles. The highest BCUT2D eigenvalue weighted by Gasteiger charge is 2.06. The van der Waals surface area contributed by atoms with E-state index >= 15 is 0 Å². The van der Waals surface area contributed by atoms with E-state index in [1.807, 2.05) is 48.5 Å². The highest BCUT2D eigenvalue weighted by atomic mass is 32.1. The molecule has 1 heterocycles. The van der Waals surface area contributed by atoms with E-state index in [-0.39, 0.29) is 5.84 Å². The topological polar surface area (TPSA) is 59.1 Å². The molecule has 0 saturated carbocycles. The third-order valence-corrected chi connectivity index (χ3v) is 4.39. The number of nitrogens with one attached hydrogen (secondary N) is 1. The molecular formula is C18H14N2OS. The number of hydrogen-bond donors (Lipinski definition) is 2. The van der Waals surface area contributed by atoms with Crippen LogP contribution in [0.1, 0.15) is 16.0 Å². The lowest BCUT2D eigenvalue weighted by molar-refractivity contribution is 0.415. The van der Waals surface area contributed by atoms with E-state index in [1.54, 1.807) is 7.11 Å². The van der Waals surface area contributed by atoms with Crippen LogP contribution in [0.25, 0.3) is 10.1 Å². The Hall–Kier alpha value is -2.77. The van der Waals surface area contributed by atoms with Gasteiger partial charge in [0.15, 0.2) is 0 Å². The fourth-order valence-electron chi connectivity index (χ4n) is 2.12. The van der Waals surface area contributed by atoms with Gasteiger partial charge in [0.05, 0.1) is 12.0 Å². The fourth-order valence-corrected chi connectivity index (χ4v) is 3.07. The first kappa shape index (κ1) is 14.2. The predicted octanol–water partition coefficient (Wildman–Crippen LogP) is 3.59. The highest BCUT2D eigenvalue weighted by molar-refractivity contribution is 7.20. The zero-order valence-electron chi connectivity index (χ0n) is 12.0. The van der Waals surface area contributed by atoms with Gasteiger partial charge in [-0.3, -0.25) is 5.41 Å². The summed E-state index contributed by atoms with van der Waals surface area (Å²) < 4.78 is 6.23. The first-order valence-corrected chi connectivity index (χ1v) is 7.52. The van der Waals surface area contributed by atoms with Crippen LogP contribution >= 0.6 is 11.3 Å². The van der Waals surface area contributed by atoms with E-state index in [4.69, 9.17) is 15.9 Å². The quantitative estimate of drug-likeness (QED) is 0.432. The molecule has 3 N–H and O–H groups in total. The number of nitrogens with two attached hydrogens (primary N) is 1. The molecule has 0 bridgehead atoms. The number of methoxy groups -OCH3 is 1. The molecule has 108 valence electrons. The monoisotopic (exact) mass is 306 g/mol. The van der Waals surface area contributed by atoms with Crippen molar-refractivity contribution in [2.24, 2.45) is 5.73 Å². The van der Waals surface area contributed by atoms with Crippen molar-refractivity contribution < 1.29 is 4.74 Å². The lowest BCUT2D eigenvalue weighted by atomic mass is 10.1. The molecule has 0 radical (unpaired) electrons. The summed E-state index contributed by atoms with van der Waals surface area (Å²) in [5.74, 6) is 7.26. The summed E-state index contributed by atoms with van der Waals surface area (Å²) in [5, 5.41) is 8.59. The van der Waals surface area contributed by atoms with Crippen molar-refractivity contribution in [3.8, 4) is 17.6 Å². The van der Waals surface area contributed by atoms with E-state index in [9.17, 15) is 0 Å². The van der Waals surface area contributed by atoms with Crippen LogP contribution in [0.15, 0.2) is 48.5 Å². The number of ether oxygens (including phenoxy) is 1. The normalized spacial score (nSPS) is 10.0. The number of nitrogen functional groups attached to an aromatic ring is 1. The highest BCUT2D eigenvalue weighted by Crippen LogP contribution is 2.27. The molecule has 0 aliphatic heterocycles. The Morgan fingerprint density at radius 3 is 2.59 bits per heavy atom. The minimum Gasteiger partial charge on any atom is -0.497 e. The molecule has 2 aromatic carbocycles. The van der Waals surface area contributed by atoms with Crippen molar-refractivity contribution in [2.75, 3.05) is 7.11 Å². The molecule has 0 aliphatic rings. The maximum Gasteiger partial charge on any atom is 0.133 e. The summed E-state index contributed by atoms with van der Waals surface area (Å²) in [4.78, 5) is 0.772. The van der Waals surface area contributed by atoms with E-state index in [2.05, 4.69) is 11.8 Å². The maximum atomic E-state index is 7.55. The molecule has 3 aromatic rings. The third kappa shape index (κ3) is 2.80. The van der Waals surface area contributed by atoms with Crippen LogP contribution in [0.4, 0.5) is 0 Å². The van der Waals surface area contributed by atoms with Gasteiger partial charge in [-0.2, -0.15) is 0 Å². The lowest BCUT2D eigenvalue weighted by Gasteiger charge is -1.97. The number of amidine groups is 1. The molecular weight excluding hydrogens is 292 g/mol. The minimum atomic E-state index is 0.0928. The van der Waals surface area contributed by atoms with Crippen LogP contribution in [-0.2, 0) is 0 Å². The second-order valence-corrected chi connectivity index (χ2v) is 5.80. The lowest BCUT2D eigenvalue weighted by Crippen LogP contribution is -2.08. The number of thiophene rings is 1. The molecule has 4 heteroatoms. The van der Waals surface area contributed by atoms with Crippen molar-refractivity contribution >= 4 is 27.3 Å². The summed E-state index contributed by atoms with van der Waals surface area (Å²) in [6.45, 7) is 0. The third-order valence-electron chi connectivity index (χ3n) is 3.26. The van der Waals surface area contributed by atoms with Crippen LogP contribution < -0.4 is 10.5 Å². The van der Waals surface area contributed by atoms with Crippen molar-refractivity contribution in [2.45, 2.75) is 0 Å². The van der Waals surface area contributed by atoms with Gasteiger partial charge in [-0.15, -0.1) is 11.3 Å². The molecule has 3 rings (SSSR count). The van der Waals surface area contributed by atoms with Crippen LogP contribution in [-0.4, -0.2) is 12.9 Å². The van der Waals surface area contributed by atoms with Gasteiger partial charge >= 0.3 is 0 Å². The Bertz CT molecular complexity index is 898. The number of benzene rings is 2. The van der Waals surface area contributed by atoms with Crippen molar-refractivity contribution in [3.05, 3.63) is 64.5 Å². The van der Waals surface area contributed by atoms with Crippen LogP contribution in [0.5, 0.6) is 5.75 Å². The molecule has 0 amide bonds. The van der Waals surface area contributed by atoms with Crippen LogP contribution in [0.3, 0.4) is 0 Å². The average molecular weight is 306 g/mol. The zero-order valence-corrected chi connectivity index (χ0v) is 12.8. The summed E-state index contributed by atoms with van der Waals surface area (Å²) in [5.41, 5.74) is 7.44. The Kier molecular flexibility index (Phi) is 3.82. The van der Waals surface area contributed by atoms with Crippen molar-refractivity contribution in [1.29, 1.82) is 5.41 Å². The van der Waals surface area contributed by atoms with Gasteiger partial charge in [0.2, 0.25) is 0 Å². The summed E-state index contributed by atoms with van der Waals surface area (Å²) in [6.07, 6.45) is 0. The molecule has 0 unspecified atom stereocenters. The first-order chi connectivity index (χ1) is 10.7. The minimum absolute atomic E-state index is 0.0928. The largest absolute Gasteiger partial charge is 0.497 e. The Morgan fingerprint density at radius 1 is 1.14 bits per heavy atom. The molecule has 22 heavy (non-hydrogen) atoms. The van der Waals surface area contributed by atoms with Gasteiger partial charge < -0.3 is 10.5 Å². The smallest absolute Gasteiger partial charge is 0.133 e. The fraction of sp³-hybridized carbons (Fsp3) is 0.0556. The molecule has 3 nitrogen and oxygen atoms in total. The van der Waals surface area contributed by atoms with E-state index in [0.717, 1.165) is 31.8 Å². The van der Waals surface area contributed by atoms with E-state index in [1.165, 1.54) is 11.3 Å². The van der Waals surface area contributed by atoms with Crippen molar-refractivity contribution in [3.63, 3.8) is 0 Å². The van der Waals surface area contributed by atoms with E-state index in [0.29, 0.717) is 0 Å². The molecule has 0 atom stereocenters. The van der Waals surface area contributed by atoms with Gasteiger partial charge in [-0.1, -0.05) is 17.9 Å². The SMILES string of the molecule is COc1ccc(C#Cc2cccc3sc(C(=N)N)cc23)cc1. The van der Waals surface area contributed by atoms with E-state index < -0.39 is 0 Å². The molecule has 0 fully saturated rings. The second kappa shape index (κ2) is 5.92. The predicted molar refractivity (Wildman–Crippen MR) is 91.8 cm³/mol. The zero-order chi connectivity index (χ0) is 15.5.